The van der Waals surface area contributed by atoms with Crippen LogP contribution in [-0.4, -0.2) is 5.78 Å². The van der Waals surface area contributed by atoms with Gasteiger partial charge in [0.1, 0.15) is 5.76 Å². The lowest BCUT2D eigenvalue weighted by atomic mass is 10.1. The second-order valence-corrected chi connectivity index (χ2v) is 2.64. The highest BCUT2D eigenvalue weighted by Gasteiger charge is 2.09. The molecule has 1 aromatic rings. The Balaban J connectivity index is 2.65. The largest absolute Gasteiger partial charge is 0.469 e. The highest BCUT2D eigenvalue weighted by molar-refractivity contribution is 5.96. The van der Waals surface area contributed by atoms with E-state index in [4.69, 9.17) is 4.42 Å². The second kappa shape index (κ2) is 3.90. The Hall–Kier alpha value is -1.31. The molecule has 0 radical (unpaired) electrons. The van der Waals surface area contributed by atoms with E-state index in [0.29, 0.717) is 17.7 Å². The third kappa shape index (κ3) is 1.84. The molecule has 0 aliphatic carbocycles. The number of hydrogen-bond acceptors (Lipinski definition) is 2. The monoisotopic (exact) mass is 164 g/mol. The number of carbonyl (C=O) groups excluding carboxylic acids is 1. The molecule has 0 N–H and O–H groups in total. The van der Waals surface area contributed by atoms with Gasteiger partial charge in [-0.3, -0.25) is 4.79 Å². The average molecular weight is 164 g/mol. The van der Waals surface area contributed by atoms with Gasteiger partial charge in [0.05, 0.1) is 11.8 Å². The van der Waals surface area contributed by atoms with Crippen molar-refractivity contribution in [2.24, 2.45) is 0 Å². The lowest BCUT2D eigenvalue weighted by Crippen LogP contribution is -1.97. The van der Waals surface area contributed by atoms with E-state index in [-0.39, 0.29) is 5.78 Å². The van der Waals surface area contributed by atoms with Gasteiger partial charge < -0.3 is 4.42 Å². The Labute approximate surface area is 71.9 Å². The maximum atomic E-state index is 11.4. The van der Waals surface area contributed by atoms with Crippen LogP contribution in [0, 0.1) is 6.92 Å². The lowest BCUT2D eigenvalue weighted by Gasteiger charge is -1.94. The number of allylic oxidation sites excluding steroid dienone is 1. The summed E-state index contributed by atoms with van der Waals surface area (Å²) < 4.78 is 5.02. The molecule has 0 bridgehead atoms. The topological polar surface area (TPSA) is 30.2 Å². The van der Waals surface area contributed by atoms with Crippen LogP contribution in [0.1, 0.15) is 29.0 Å². The Bertz CT molecular complexity index is 284. The average Bonchev–Trinajstić information content (AvgIpc) is 2.47. The number of hydrogen-bond donors (Lipinski definition) is 0. The number of rotatable bonds is 4. The third-order valence-corrected chi connectivity index (χ3v) is 1.73. The molecule has 0 saturated carbocycles. The summed E-state index contributed by atoms with van der Waals surface area (Å²) in [5.41, 5.74) is 0.692. The first-order valence-electron chi connectivity index (χ1n) is 3.94. The first-order valence-corrected chi connectivity index (χ1v) is 3.94. The quantitative estimate of drug-likeness (QED) is 0.506. The summed E-state index contributed by atoms with van der Waals surface area (Å²) >= 11 is 0. The van der Waals surface area contributed by atoms with Gasteiger partial charge >= 0.3 is 0 Å². The highest BCUT2D eigenvalue weighted by Crippen LogP contribution is 2.12. The molecule has 2 nitrogen and oxygen atoms in total. The van der Waals surface area contributed by atoms with Crippen LogP contribution in [0.2, 0.25) is 0 Å². The van der Waals surface area contributed by atoms with Crippen LogP contribution in [0.25, 0.3) is 0 Å². The van der Waals surface area contributed by atoms with Gasteiger partial charge in [0.25, 0.3) is 0 Å². The molecule has 0 amide bonds. The zero-order valence-electron chi connectivity index (χ0n) is 7.17. The van der Waals surface area contributed by atoms with E-state index in [1.807, 2.05) is 0 Å². The van der Waals surface area contributed by atoms with Crippen molar-refractivity contribution in [2.45, 2.75) is 19.8 Å². The molecule has 0 aliphatic heterocycles. The predicted octanol–water partition coefficient (Wildman–Crippen LogP) is 2.74. The number of Topliss-reactive ketones (excluding diaryl/α,β-unsaturated/α-hetero) is 1. The van der Waals surface area contributed by atoms with Crippen molar-refractivity contribution >= 4 is 5.78 Å². The van der Waals surface area contributed by atoms with E-state index < -0.39 is 0 Å². The molecule has 0 saturated heterocycles. The fraction of sp³-hybridized carbons (Fsp3) is 0.300. The Kier molecular flexibility index (Phi) is 2.86. The minimum absolute atomic E-state index is 0.126. The Morgan fingerprint density at radius 1 is 1.75 bits per heavy atom. The maximum absolute atomic E-state index is 11.4. The lowest BCUT2D eigenvalue weighted by molar-refractivity contribution is 0.0982. The van der Waals surface area contributed by atoms with E-state index in [1.54, 1.807) is 19.1 Å². The molecule has 1 aromatic heterocycles. The minimum Gasteiger partial charge on any atom is -0.469 e. The van der Waals surface area contributed by atoms with Crippen molar-refractivity contribution in [3.05, 3.63) is 36.3 Å². The predicted molar refractivity (Wildman–Crippen MR) is 47.2 cm³/mol. The van der Waals surface area contributed by atoms with Crippen LogP contribution in [-0.2, 0) is 0 Å². The fourth-order valence-corrected chi connectivity index (χ4v) is 1.04. The zero-order valence-corrected chi connectivity index (χ0v) is 7.17. The van der Waals surface area contributed by atoms with Crippen molar-refractivity contribution < 1.29 is 9.21 Å². The second-order valence-electron chi connectivity index (χ2n) is 2.64. The third-order valence-electron chi connectivity index (χ3n) is 1.73. The molecule has 0 spiro atoms. The first-order chi connectivity index (χ1) is 5.75. The van der Waals surface area contributed by atoms with Gasteiger partial charge in [-0.15, -0.1) is 6.58 Å². The smallest absolute Gasteiger partial charge is 0.166 e. The minimum atomic E-state index is 0.126. The van der Waals surface area contributed by atoms with Crippen molar-refractivity contribution in [1.82, 2.24) is 0 Å². The molecular formula is C10H12O2. The standard InChI is InChI=1S/C10H12O2/c1-3-4-5-10(11)9-6-7-12-8(9)2/h3,6-7H,1,4-5H2,2H3. The Morgan fingerprint density at radius 2 is 2.50 bits per heavy atom. The molecule has 0 aromatic carbocycles. The van der Waals surface area contributed by atoms with Gasteiger partial charge in [0.2, 0.25) is 0 Å². The van der Waals surface area contributed by atoms with E-state index >= 15 is 0 Å². The van der Waals surface area contributed by atoms with Gasteiger partial charge in [0, 0.05) is 6.42 Å². The van der Waals surface area contributed by atoms with Gasteiger partial charge in [-0.25, -0.2) is 0 Å². The van der Waals surface area contributed by atoms with Crippen LogP contribution in [0.4, 0.5) is 0 Å². The molecule has 1 rings (SSSR count). The maximum Gasteiger partial charge on any atom is 0.166 e. The molecule has 0 unspecified atom stereocenters. The summed E-state index contributed by atoms with van der Waals surface area (Å²) in [7, 11) is 0. The molecular weight excluding hydrogens is 152 g/mol. The van der Waals surface area contributed by atoms with Crippen molar-refractivity contribution in [3.63, 3.8) is 0 Å². The van der Waals surface area contributed by atoms with E-state index in [1.165, 1.54) is 6.26 Å². The number of ketones is 1. The first kappa shape index (κ1) is 8.78. The molecule has 12 heavy (non-hydrogen) atoms. The molecule has 2 heteroatoms. The normalized spacial score (nSPS) is 9.75. The van der Waals surface area contributed by atoms with Crippen LogP contribution >= 0.6 is 0 Å². The van der Waals surface area contributed by atoms with Crippen molar-refractivity contribution in [2.75, 3.05) is 0 Å². The highest BCUT2D eigenvalue weighted by atomic mass is 16.3. The van der Waals surface area contributed by atoms with Gasteiger partial charge in [-0.2, -0.15) is 0 Å². The number of furan rings is 1. The Morgan fingerprint density at radius 3 is 3.00 bits per heavy atom. The zero-order chi connectivity index (χ0) is 8.97. The van der Waals surface area contributed by atoms with Crippen molar-refractivity contribution in [3.8, 4) is 0 Å². The van der Waals surface area contributed by atoms with Crippen LogP contribution in [0.3, 0.4) is 0 Å². The fourth-order valence-electron chi connectivity index (χ4n) is 1.04. The molecule has 0 atom stereocenters. The van der Waals surface area contributed by atoms with Crippen LogP contribution < -0.4 is 0 Å². The van der Waals surface area contributed by atoms with E-state index in [0.717, 1.165) is 6.42 Å². The van der Waals surface area contributed by atoms with E-state index in [9.17, 15) is 4.79 Å². The van der Waals surface area contributed by atoms with Gasteiger partial charge in [-0.05, 0) is 19.4 Å². The van der Waals surface area contributed by atoms with E-state index in [2.05, 4.69) is 6.58 Å². The molecule has 0 aliphatic rings. The molecule has 64 valence electrons. The SMILES string of the molecule is C=CCCC(=O)c1ccoc1C. The van der Waals surface area contributed by atoms with Crippen LogP contribution in [0.5, 0.6) is 0 Å². The number of aryl methyl sites for hydroxylation is 1. The van der Waals surface area contributed by atoms with Crippen LogP contribution in [0.15, 0.2) is 29.4 Å². The molecule has 1 heterocycles. The van der Waals surface area contributed by atoms with Gasteiger partial charge in [-0.1, -0.05) is 6.08 Å². The summed E-state index contributed by atoms with van der Waals surface area (Å²) in [5.74, 6) is 0.824. The summed E-state index contributed by atoms with van der Waals surface area (Å²) in [6.45, 7) is 5.35. The summed E-state index contributed by atoms with van der Waals surface area (Å²) in [4.78, 5) is 11.4. The summed E-state index contributed by atoms with van der Waals surface area (Å²) in [5, 5.41) is 0. The number of carbonyl (C=O) groups is 1. The summed E-state index contributed by atoms with van der Waals surface area (Å²) in [6.07, 6.45) is 4.52. The van der Waals surface area contributed by atoms with Gasteiger partial charge in [0.15, 0.2) is 5.78 Å². The summed E-state index contributed by atoms with van der Waals surface area (Å²) in [6, 6.07) is 1.71. The van der Waals surface area contributed by atoms with Crippen molar-refractivity contribution in [1.29, 1.82) is 0 Å². The molecule has 0 fully saturated rings.